The molecule has 20 heteroatoms. The summed E-state index contributed by atoms with van der Waals surface area (Å²) in [6.45, 7) is 2.26. The van der Waals surface area contributed by atoms with Gasteiger partial charge in [0.1, 0.15) is 36.3 Å². The Labute approximate surface area is 413 Å². The summed E-state index contributed by atoms with van der Waals surface area (Å²) >= 11 is 0. The van der Waals surface area contributed by atoms with Gasteiger partial charge in [-0.2, -0.15) is 0 Å². The number of rotatable bonds is 17. The van der Waals surface area contributed by atoms with E-state index in [2.05, 4.69) is 42.2 Å². The third kappa shape index (κ3) is 16.7. The van der Waals surface area contributed by atoms with Crippen LogP contribution in [-0.4, -0.2) is 135 Å². The molecule has 1 aliphatic heterocycles. The van der Waals surface area contributed by atoms with Gasteiger partial charge < -0.3 is 69.0 Å². The molecule has 10 atom stereocenters. The highest BCUT2D eigenvalue weighted by atomic mass is 16.3. The van der Waals surface area contributed by atoms with E-state index in [1.54, 1.807) is 36.5 Å². The Morgan fingerprint density at radius 2 is 1.30 bits per heavy atom. The third-order valence-corrected chi connectivity index (χ3v) is 12.5. The topological polar surface area (TPSA) is 332 Å². The van der Waals surface area contributed by atoms with Crippen LogP contribution in [0.5, 0.6) is 0 Å². The number of unbranched alkanes of at least 4 members (excludes halogenated alkanes) is 1. The van der Waals surface area contributed by atoms with Crippen molar-refractivity contribution in [1.29, 1.82) is 0 Å². The minimum Gasteiger partial charge on any atom is -0.394 e. The largest absolute Gasteiger partial charge is 0.394 e. The van der Waals surface area contributed by atoms with Gasteiger partial charge in [0.2, 0.25) is 41.4 Å². The predicted octanol–water partition coefficient (Wildman–Crippen LogP) is -0.626. The zero-order valence-electron chi connectivity index (χ0n) is 40.3. The first-order chi connectivity index (χ1) is 34.1. The van der Waals surface area contributed by atoms with E-state index in [-0.39, 0.29) is 57.9 Å². The number of carbonyl (C=O) groups excluding carboxylic acids is 7. The van der Waals surface area contributed by atoms with Crippen molar-refractivity contribution in [2.45, 2.75) is 139 Å². The number of hydrogen-bond acceptors (Lipinski definition) is 12. The molecule has 0 spiro atoms. The number of nitrogens with one attached hydrogen (secondary N) is 8. The van der Waals surface area contributed by atoms with Gasteiger partial charge >= 0.3 is 0 Å². The summed E-state index contributed by atoms with van der Waals surface area (Å²) in [5.41, 5.74) is 15.0. The molecule has 71 heavy (non-hydrogen) atoms. The van der Waals surface area contributed by atoms with Crippen molar-refractivity contribution in [2.75, 3.05) is 13.2 Å². The third-order valence-electron chi connectivity index (χ3n) is 12.5. The molecule has 1 aromatic heterocycles. The van der Waals surface area contributed by atoms with Crippen molar-refractivity contribution in [3.8, 4) is 0 Å². The maximum Gasteiger partial charge on any atom is 0.245 e. The Bertz CT molecular complexity index is 2380. The number of nitrogens with two attached hydrogens (primary N) is 2. The van der Waals surface area contributed by atoms with E-state index >= 15 is 0 Å². The number of para-hydroxylation sites is 1. The Balaban J connectivity index is 1.56. The van der Waals surface area contributed by atoms with Crippen LogP contribution in [0.3, 0.4) is 0 Å². The molecule has 15 N–H and O–H groups in total. The summed E-state index contributed by atoms with van der Waals surface area (Å²) < 4.78 is 0. The highest BCUT2D eigenvalue weighted by Crippen LogP contribution is 2.20. The molecule has 0 bridgehead atoms. The average Bonchev–Trinajstić information content (AvgIpc) is 3.76. The fourth-order valence-electron chi connectivity index (χ4n) is 8.36. The second kappa shape index (κ2) is 27.6. The van der Waals surface area contributed by atoms with Crippen LogP contribution in [0.4, 0.5) is 0 Å². The average molecular weight is 983 g/mol. The van der Waals surface area contributed by atoms with Crippen molar-refractivity contribution in [2.24, 2.45) is 11.5 Å². The molecule has 5 rings (SSSR count). The molecule has 0 saturated carbocycles. The van der Waals surface area contributed by atoms with Crippen LogP contribution in [-0.2, 0) is 52.8 Å². The minimum absolute atomic E-state index is 0.0311. The summed E-state index contributed by atoms with van der Waals surface area (Å²) in [7, 11) is 0. The number of benzene rings is 3. The molecular formula is C51H70N10O10. The molecule has 1 fully saturated rings. The molecule has 0 radical (unpaired) electrons. The Morgan fingerprint density at radius 1 is 0.704 bits per heavy atom. The second-order valence-corrected chi connectivity index (χ2v) is 18.2. The first-order valence-corrected chi connectivity index (χ1v) is 24.3. The first-order valence-electron chi connectivity index (χ1n) is 24.3. The molecule has 20 nitrogen and oxygen atoms in total. The van der Waals surface area contributed by atoms with E-state index in [4.69, 9.17) is 11.5 Å². The van der Waals surface area contributed by atoms with Gasteiger partial charge in [-0.05, 0) is 81.7 Å². The zero-order valence-corrected chi connectivity index (χ0v) is 40.3. The molecule has 4 aromatic rings. The van der Waals surface area contributed by atoms with E-state index in [1.807, 2.05) is 54.6 Å². The number of aromatic amines is 1. The molecule has 3 aromatic carbocycles. The van der Waals surface area contributed by atoms with Crippen LogP contribution in [0.1, 0.15) is 75.5 Å². The number of hydrogen-bond donors (Lipinski definition) is 13. The summed E-state index contributed by atoms with van der Waals surface area (Å²) in [5, 5.41) is 50.7. The normalized spacial score (nSPS) is 22.8. The van der Waals surface area contributed by atoms with Crippen molar-refractivity contribution in [3.63, 3.8) is 0 Å². The standard InChI is InChI=1S/C51H70N10O10/c1-30(63)43(29-62)60-47(67)39-22-12-11-21-38(55-45(65)36(53)25-32-15-5-3-6-16-32)46(66)58-41(26-33-17-7-4-8-18-33)49(69)59-42(27-34-28-54-37-20-10-9-19-35(34)37)50(70)56-40(23-13-14-24-52)48(68)61-44(31(2)64)51(71)57-39/h3-10,15-20,28,30-31,36,38-44,54,62-64H,11-14,21-27,29,52-53H2,1-2H3,(H,55,65)(H,56,70)(H,57,71)(H,58,66)(H,59,69)(H,60,67)(H,61,68)/t30-,31-,36-,38+,39?,40+,41?,42-,43-,44?/m1/s1. The molecule has 2 heterocycles. The number of aliphatic hydroxyl groups is 3. The SMILES string of the molecule is C[C@@H](O)C1NC(=O)[C@H](CCCCN)NC(=O)[C@@H](Cc2c[nH]c3ccccc23)NC(=O)C(Cc2ccccc2)NC(=O)[C@@H](NC(=O)[C@H](N)Cc2ccccc2)CCCCC(C(=O)N[C@H](CO)[C@@H](C)O)NC1=O. The van der Waals surface area contributed by atoms with Gasteiger partial charge in [-0.25, -0.2) is 0 Å². The number of aromatic nitrogens is 1. The van der Waals surface area contributed by atoms with Crippen LogP contribution >= 0.6 is 0 Å². The monoisotopic (exact) mass is 983 g/mol. The van der Waals surface area contributed by atoms with E-state index in [0.717, 1.165) is 16.5 Å². The number of amides is 7. The number of aliphatic hydroxyl groups excluding tert-OH is 3. The Hall–Kier alpha value is -6.71. The van der Waals surface area contributed by atoms with Gasteiger partial charge in [0, 0.05) is 29.9 Å². The van der Waals surface area contributed by atoms with Gasteiger partial charge in [0.25, 0.3) is 0 Å². The van der Waals surface area contributed by atoms with Gasteiger partial charge in [0.05, 0.1) is 30.9 Å². The highest BCUT2D eigenvalue weighted by Gasteiger charge is 2.36. The molecule has 1 aliphatic rings. The summed E-state index contributed by atoms with van der Waals surface area (Å²) in [6, 6.07) is 14.9. The Kier molecular flexibility index (Phi) is 21.5. The van der Waals surface area contributed by atoms with Crippen LogP contribution in [0.2, 0.25) is 0 Å². The van der Waals surface area contributed by atoms with Crippen molar-refractivity contribution < 1.29 is 48.9 Å². The predicted molar refractivity (Wildman–Crippen MR) is 266 cm³/mol. The summed E-state index contributed by atoms with van der Waals surface area (Å²) in [5.74, 6) is -5.51. The zero-order chi connectivity index (χ0) is 51.5. The van der Waals surface area contributed by atoms with Crippen molar-refractivity contribution in [1.82, 2.24) is 42.2 Å². The minimum atomic E-state index is -1.65. The molecule has 384 valence electrons. The van der Waals surface area contributed by atoms with Crippen molar-refractivity contribution >= 4 is 52.3 Å². The molecule has 0 aliphatic carbocycles. The van der Waals surface area contributed by atoms with Crippen LogP contribution in [0.25, 0.3) is 10.9 Å². The van der Waals surface area contributed by atoms with E-state index in [0.29, 0.717) is 24.0 Å². The summed E-state index contributed by atoms with van der Waals surface area (Å²) in [4.78, 5) is 103. The van der Waals surface area contributed by atoms with E-state index in [9.17, 15) is 48.9 Å². The highest BCUT2D eigenvalue weighted by molar-refractivity contribution is 5.98. The number of H-pyrrole nitrogens is 1. The fourth-order valence-corrected chi connectivity index (χ4v) is 8.36. The van der Waals surface area contributed by atoms with E-state index in [1.165, 1.54) is 13.8 Å². The maximum atomic E-state index is 14.7. The van der Waals surface area contributed by atoms with Crippen LogP contribution in [0.15, 0.2) is 91.1 Å². The van der Waals surface area contributed by atoms with Gasteiger partial charge in [0.15, 0.2) is 0 Å². The summed E-state index contributed by atoms with van der Waals surface area (Å²) in [6.07, 6.45) is 0.113. The number of fused-ring (bicyclic) bond motifs is 1. The molecule has 1 saturated heterocycles. The van der Waals surface area contributed by atoms with Gasteiger partial charge in [-0.3, -0.25) is 33.6 Å². The molecular weight excluding hydrogens is 913 g/mol. The van der Waals surface area contributed by atoms with Crippen LogP contribution in [0, 0.1) is 0 Å². The van der Waals surface area contributed by atoms with E-state index < -0.39 is 108 Å². The lowest BCUT2D eigenvalue weighted by Crippen LogP contribution is -2.62. The lowest BCUT2D eigenvalue weighted by atomic mass is 9.99. The number of carbonyl (C=O) groups is 7. The lowest BCUT2D eigenvalue weighted by molar-refractivity contribution is -0.137. The maximum absolute atomic E-state index is 14.7. The fraction of sp³-hybridized carbons (Fsp3) is 0.471. The van der Waals surface area contributed by atoms with Gasteiger partial charge in [-0.15, -0.1) is 0 Å². The Morgan fingerprint density at radius 3 is 1.94 bits per heavy atom. The van der Waals surface area contributed by atoms with Crippen LogP contribution < -0.4 is 48.7 Å². The smallest absolute Gasteiger partial charge is 0.245 e. The molecule has 3 unspecified atom stereocenters. The quantitative estimate of drug-likeness (QED) is 0.0589. The van der Waals surface area contributed by atoms with Crippen molar-refractivity contribution in [3.05, 3.63) is 108 Å². The molecule has 7 amide bonds. The first kappa shape index (κ1) is 55.2. The van der Waals surface area contributed by atoms with Gasteiger partial charge in [-0.1, -0.05) is 91.7 Å². The second-order valence-electron chi connectivity index (χ2n) is 18.2. The lowest BCUT2D eigenvalue weighted by Gasteiger charge is -2.29.